The minimum absolute atomic E-state index is 0.0440. The molecular weight excluding hydrogens is 371 g/mol. The van der Waals surface area contributed by atoms with E-state index in [0.29, 0.717) is 36.1 Å². The van der Waals surface area contributed by atoms with Gasteiger partial charge in [-0.25, -0.2) is 0 Å². The highest BCUT2D eigenvalue weighted by molar-refractivity contribution is 6.30. The normalized spacial score (nSPS) is 10.4. The Hall–Kier alpha value is -2.04. The zero-order valence-electron chi connectivity index (χ0n) is 14.7. The Morgan fingerprint density at radius 2 is 1.69 bits per heavy atom. The highest BCUT2D eigenvalue weighted by Crippen LogP contribution is 2.12. The summed E-state index contributed by atoms with van der Waals surface area (Å²) in [5.41, 5.74) is 2.04. The van der Waals surface area contributed by atoms with Crippen LogP contribution in [0.25, 0.3) is 0 Å². The van der Waals surface area contributed by atoms with Crippen molar-refractivity contribution in [3.05, 3.63) is 69.7 Å². The fourth-order valence-corrected chi connectivity index (χ4v) is 2.85. The number of rotatable bonds is 8. The summed E-state index contributed by atoms with van der Waals surface area (Å²) in [6.45, 7) is 2.91. The molecule has 0 atom stereocenters. The molecule has 0 spiro atoms. The number of carbonyl (C=O) groups excluding carboxylic acids is 2. The molecule has 0 saturated heterocycles. The number of benzene rings is 2. The van der Waals surface area contributed by atoms with E-state index in [4.69, 9.17) is 23.2 Å². The standard InChI is InChI=1S/C20H22Cl2N2O2/c1-15(25)24(11-9-16-3-2-4-19(22)13-16)12-10-20(26)23-14-17-5-7-18(21)8-6-17/h2-8,13H,9-12,14H2,1H3,(H,23,26). The van der Waals surface area contributed by atoms with Gasteiger partial charge in [-0.3, -0.25) is 9.59 Å². The molecule has 4 nitrogen and oxygen atoms in total. The Labute approximate surface area is 164 Å². The van der Waals surface area contributed by atoms with Crippen LogP contribution in [-0.2, 0) is 22.6 Å². The van der Waals surface area contributed by atoms with Crippen LogP contribution < -0.4 is 5.32 Å². The molecule has 0 aliphatic rings. The average Bonchev–Trinajstić information content (AvgIpc) is 2.61. The van der Waals surface area contributed by atoms with Crippen LogP contribution in [0.5, 0.6) is 0 Å². The Bertz CT molecular complexity index is 748. The zero-order chi connectivity index (χ0) is 18.9. The first-order valence-corrected chi connectivity index (χ1v) is 9.21. The lowest BCUT2D eigenvalue weighted by Gasteiger charge is -2.21. The number of halogens is 2. The third kappa shape index (κ3) is 7.06. The highest BCUT2D eigenvalue weighted by atomic mass is 35.5. The van der Waals surface area contributed by atoms with Crippen molar-refractivity contribution < 1.29 is 9.59 Å². The summed E-state index contributed by atoms with van der Waals surface area (Å²) in [6.07, 6.45) is 0.968. The van der Waals surface area contributed by atoms with E-state index in [1.807, 2.05) is 36.4 Å². The van der Waals surface area contributed by atoms with Gasteiger partial charge in [-0.2, -0.15) is 0 Å². The van der Waals surface area contributed by atoms with Crippen molar-refractivity contribution in [3.8, 4) is 0 Å². The quantitative estimate of drug-likeness (QED) is 0.735. The molecule has 138 valence electrons. The topological polar surface area (TPSA) is 49.4 Å². The van der Waals surface area contributed by atoms with Crippen molar-refractivity contribution in [2.45, 2.75) is 26.3 Å². The van der Waals surface area contributed by atoms with Gasteiger partial charge >= 0.3 is 0 Å². The molecule has 0 aromatic heterocycles. The smallest absolute Gasteiger partial charge is 0.222 e. The molecule has 2 aromatic carbocycles. The van der Waals surface area contributed by atoms with Crippen molar-refractivity contribution in [3.63, 3.8) is 0 Å². The second-order valence-corrected chi connectivity index (χ2v) is 6.91. The molecule has 0 saturated carbocycles. The van der Waals surface area contributed by atoms with Crippen molar-refractivity contribution >= 4 is 35.0 Å². The van der Waals surface area contributed by atoms with Crippen LogP contribution in [-0.4, -0.2) is 29.8 Å². The number of nitrogens with one attached hydrogen (secondary N) is 1. The second-order valence-electron chi connectivity index (χ2n) is 6.04. The van der Waals surface area contributed by atoms with Crippen LogP contribution in [0.4, 0.5) is 0 Å². The molecule has 0 unspecified atom stereocenters. The molecule has 2 rings (SSSR count). The first-order valence-electron chi connectivity index (χ1n) is 8.45. The lowest BCUT2D eigenvalue weighted by Crippen LogP contribution is -2.35. The Morgan fingerprint density at radius 1 is 0.962 bits per heavy atom. The lowest BCUT2D eigenvalue weighted by molar-refractivity contribution is -0.129. The number of amides is 2. The predicted octanol–water partition coefficient (Wildman–Crippen LogP) is 4.09. The minimum Gasteiger partial charge on any atom is -0.352 e. The number of hydrogen-bond donors (Lipinski definition) is 1. The summed E-state index contributed by atoms with van der Waals surface area (Å²) >= 11 is 11.8. The minimum atomic E-state index is -0.0889. The number of hydrogen-bond acceptors (Lipinski definition) is 2. The van der Waals surface area contributed by atoms with Crippen molar-refractivity contribution in [1.29, 1.82) is 0 Å². The van der Waals surface area contributed by atoms with Gasteiger partial charge in [0, 0.05) is 43.0 Å². The third-order valence-electron chi connectivity index (χ3n) is 4.02. The van der Waals surface area contributed by atoms with Gasteiger partial charge in [0.05, 0.1) is 0 Å². The van der Waals surface area contributed by atoms with Gasteiger partial charge in [-0.15, -0.1) is 0 Å². The molecule has 0 bridgehead atoms. The molecule has 0 aliphatic heterocycles. The van der Waals surface area contributed by atoms with Gasteiger partial charge in [0.25, 0.3) is 0 Å². The van der Waals surface area contributed by atoms with Crippen LogP contribution in [0, 0.1) is 0 Å². The third-order valence-corrected chi connectivity index (χ3v) is 4.50. The SMILES string of the molecule is CC(=O)N(CCC(=O)NCc1ccc(Cl)cc1)CCc1cccc(Cl)c1. The maximum atomic E-state index is 12.0. The van der Waals surface area contributed by atoms with Crippen LogP contribution in [0.1, 0.15) is 24.5 Å². The van der Waals surface area contributed by atoms with E-state index >= 15 is 0 Å². The fraction of sp³-hybridized carbons (Fsp3) is 0.300. The van der Waals surface area contributed by atoms with Crippen LogP contribution >= 0.6 is 23.2 Å². The molecule has 1 N–H and O–H groups in total. The van der Waals surface area contributed by atoms with Gasteiger partial charge in [-0.05, 0) is 41.8 Å². The molecule has 2 amide bonds. The molecule has 0 radical (unpaired) electrons. The van der Waals surface area contributed by atoms with Gasteiger partial charge in [0.1, 0.15) is 0 Å². The number of carbonyl (C=O) groups is 2. The summed E-state index contributed by atoms with van der Waals surface area (Å²) in [5, 5.41) is 4.20. The summed E-state index contributed by atoms with van der Waals surface area (Å²) in [5.74, 6) is -0.133. The van der Waals surface area contributed by atoms with Crippen LogP contribution in [0.3, 0.4) is 0 Å². The zero-order valence-corrected chi connectivity index (χ0v) is 16.2. The molecule has 26 heavy (non-hydrogen) atoms. The van der Waals surface area contributed by atoms with E-state index in [1.165, 1.54) is 6.92 Å². The van der Waals surface area contributed by atoms with E-state index in [9.17, 15) is 9.59 Å². The Morgan fingerprint density at radius 3 is 2.35 bits per heavy atom. The van der Waals surface area contributed by atoms with Crippen LogP contribution in [0.15, 0.2) is 48.5 Å². The largest absolute Gasteiger partial charge is 0.352 e. The molecule has 0 heterocycles. The summed E-state index contributed by atoms with van der Waals surface area (Å²) in [6, 6.07) is 14.9. The monoisotopic (exact) mass is 392 g/mol. The van der Waals surface area contributed by atoms with E-state index in [0.717, 1.165) is 11.1 Å². The molecular formula is C20H22Cl2N2O2. The second kappa shape index (κ2) is 10.2. The van der Waals surface area contributed by atoms with Gasteiger partial charge in [0.2, 0.25) is 11.8 Å². The first kappa shape index (κ1) is 20.3. The van der Waals surface area contributed by atoms with Gasteiger partial charge in [-0.1, -0.05) is 47.5 Å². The fourth-order valence-electron chi connectivity index (χ4n) is 2.51. The van der Waals surface area contributed by atoms with Gasteiger partial charge < -0.3 is 10.2 Å². The van der Waals surface area contributed by atoms with E-state index in [-0.39, 0.29) is 18.2 Å². The van der Waals surface area contributed by atoms with E-state index in [2.05, 4.69) is 5.32 Å². The van der Waals surface area contributed by atoms with Crippen molar-refractivity contribution in [2.24, 2.45) is 0 Å². The average molecular weight is 393 g/mol. The lowest BCUT2D eigenvalue weighted by atomic mass is 10.1. The Kier molecular flexibility index (Phi) is 7.95. The summed E-state index contributed by atoms with van der Waals surface area (Å²) in [7, 11) is 0. The van der Waals surface area contributed by atoms with Crippen LogP contribution in [0.2, 0.25) is 10.0 Å². The molecule has 0 fully saturated rings. The summed E-state index contributed by atoms with van der Waals surface area (Å²) in [4.78, 5) is 25.5. The predicted molar refractivity (Wildman–Crippen MR) is 105 cm³/mol. The van der Waals surface area contributed by atoms with E-state index in [1.54, 1.807) is 17.0 Å². The van der Waals surface area contributed by atoms with E-state index < -0.39 is 0 Å². The molecule has 0 aliphatic carbocycles. The van der Waals surface area contributed by atoms with Crippen molar-refractivity contribution in [2.75, 3.05) is 13.1 Å². The Balaban J connectivity index is 1.77. The molecule has 6 heteroatoms. The molecule has 2 aromatic rings. The maximum absolute atomic E-state index is 12.0. The number of nitrogens with zero attached hydrogens (tertiary/aromatic N) is 1. The van der Waals surface area contributed by atoms with Crippen molar-refractivity contribution in [1.82, 2.24) is 10.2 Å². The summed E-state index contributed by atoms with van der Waals surface area (Å²) < 4.78 is 0. The first-order chi connectivity index (χ1) is 12.4. The highest BCUT2D eigenvalue weighted by Gasteiger charge is 2.11. The van der Waals surface area contributed by atoms with Gasteiger partial charge in [0.15, 0.2) is 0 Å². The maximum Gasteiger partial charge on any atom is 0.222 e.